The zero-order valence-electron chi connectivity index (χ0n) is 19.0. The third-order valence-corrected chi connectivity index (χ3v) is 5.27. The molecule has 0 aliphatic carbocycles. The van der Waals surface area contributed by atoms with E-state index in [-0.39, 0.29) is 24.5 Å². The Morgan fingerprint density at radius 3 is 1.58 bits per heavy atom. The Labute approximate surface area is 205 Å². The third-order valence-electron chi connectivity index (χ3n) is 5.27. The van der Waals surface area contributed by atoms with Gasteiger partial charge in [-0.2, -0.15) is 10.2 Å². The van der Waals surface area contributed by atoms with Crippen LogP contribution in [-0.4, -0.2) is 46.3 Å². The first kappa shape index (κ1) is 22.6. The highest BCUT2D eigenvalue weighted by atomic mass is 16.2. The second-order valence-corrected chi connectivity index (χ2v) is 7.65. The van der Waals surface area contributed by atoms with E-state index < -0.39 is 11.8 Å². The van der Waals surface area contributed by atoms with Gasteiger partial charge in [-0.15, -0.1) is 0 Å². The smallest absolute Gasteiger partial charge is 0.270 e. The van der Waals surface area contributed by atoms with Crippen molar-refractivity contribution in [3.63, 3.8) is 0 Å². The predicted molar refractivity (Wildman–Crippen MR) is 129 cm³/mol. The standard InChI is InChI=1S/C25H21N9O2/c35-24(28-16-18-6-2-10-26-22(18)33-14-4-12-30-33)20-8-1-9-21(32-20)25(36)29-17-19-7-3-11-27-23(19)34-15-5-13-31-34/h1-15H,16-17H2,(H,28,35)(H,29,36). The zero-order chi connectivity index (χ0) is 24.7. The number of carbonyl (C=O) groups excluding carboxylic acids is 2. The fraction of sp³-hybridized carbons (Fsp3) is 0.0800. The summed E-state index contributed by atoms with van der Waals surface area (Å²) in [6, 6.07) is 15.6. The summed E-state index contributed by atoms with van der Waals surface area (Å²) in [5.41, 5.74) is 1.83. The van der Waals surface area contributed by atoms with E-state index >= 15 is 0 Å². The van der Waals surface area contributed by atoms with Crippen LogP contribution in [0.15, 0.2) is 91.8 Å². The summed E-state index contributed by atoms with van der Waals surface area (Å²) in [6.45, 7) is 0.439. The number of nitrogens with one attached hydrogen (secondary N) is 2. The Morgan fingerprint density at radius 2 is 1.14 bits per heavy atom. The average Bonchev–Trinajstić information content (AvgIpc) is 3.66. The van der Waals surface area contributed by atoms with Gasteiger partial charge in [0.2, 0.25) is 0 Å². The Kier molecular flexibility index (Phi) is 6.52. The fourth-order valence-electron chi connectivity index (χ4n) is 3.56. The Balaban J connectivity index is 1.24. The van der Waals surface area contributed by atoms with Crippen molar-refractivity contribution in [3.05, 3.63) is 114 Å². The van der Waals surface area contributed by atoms with Crippen LogP contribution in [0, 0.1) is 0 Å². The molecule has 5 rings (SSSR count). The van der Waals surface area contributed by atoms with Gasteiger partial charge in [0.25, 0.3) is 11.8 Å². The van der Waals surface area contributed by atoms with E-state index in [1.54, 1.807) is 89.0 Å². The molecule has 0 fully saturated rings. The third kappa shape index (κ3) is 4.99. The van der Waals surface area contributed by atoms with Crippen molar-refractivity contribution in [2.24, 2.45) is 0 Å². The first-order valence-electron chi connectivity index (χ1n) is 11.1. The molecule has 178 valence electrons. The number of aromatic nitrogens is 7. The van der Waals surface area contributed by atoms with E-state index in [1.165, 1.54) is 0 Å². The fourth-order valence-corrected chi connectivity index (χ4v) is 3.56. The van der Waals surface area contributed by atoms with E-state index in [2.05, 4.69) is 35.8 Å². The SMILES string of the molecule is O=C(NCc1cccnc1-n1cccn1)c1cccc(C(=O)NCc2cccnc2-n2cccn2)n1. The molecule has 0 bridgehead atoms. The molecule has 0 aliphatic rings. The van der Waals surface area contributed by atoms with Crippen molar-refractivity contribution in [2.75, 3.05) is 0 Å². The highest BCUT2D eigenvalue weighted by Crippen LogP contribution is 2.12. The molecule has 0 saturated heterocycles. The van der Waals surface area contributed by atoms with Crippen LogP contribution in [0.5, 0.6) is 0 Å². The van der Waals surface area contributed by atoms with Gasteiger partial charge in [0, 0.05) is 61.4 Å². The van der Waals surface area contributed by atoms with E-state index in [1.807, 2.05) is 12.1 Å². The van der Waals surface area contributed by atoms with Crippen LogP contribution in [0.4, 0.5) is 0 Å². The van der Waals surface area contributed by atoms with Gasteiger partial charge in [0.05, 0.1) is 0 Å². The zero-order valence-corrected chi connectivity index (χ0v) is 19.0. The molecule has 2 amide bonds. The monoisotopic (exact) mass is 479 g/mol. The molecule has 0 radical (unpaired) electrons. The molecule has 2 N–H and O–H groups in total. The van der Waals surface area contributed by atoms with Crippen molar-refractivity contribution in [3.8, 4) is 11.6 Å². The molecule has 5 aromatic rings. The summed E-state index contributed by atoms with van der Waals surface area (Å²) >= 11 is 0. The molecular formula is C25H21N9O2. The van der Waals surface area contributed by atoms with Crippen LogP contribution in [0.1, 0.15) is 32.1 Å². The average molecular weight is 480 g/mol. The highest BCUT2D eigenvalue weighted by Gasteiger charge is 2.15. The maximum atomic E-state index is 12.8. The largest absolute Gasteiger partial charge is 0.346 e. The predicted octanol–water partition coefficient (Wildman–Crippen LogP) is 2.10. The van der Waals surface area contributed by atoms with E-state index in [0.717, 1.165) is 11.1 Å². The number of hydrogen-bond donors (Lipinski definition) is 2. The first-order chi connectivity index (χ1) is 17.7. The molecule has 0 unspecified atom stereocenters. The lowest BCUT2D eigenvalue weighted by atomic mass is 10.2. The summed E-state index contributed by atoms with van der Waals surface area (Å²) in [7, 11) is 0. The molecular weight excluding hydrogens is 458 g/mol. The number of rotatable bonds is 8. The van der Waals surface area contributed by atoms with Crippen molar-refractivity contribution in [2.45, 2.75) is 13.1 Å². The van der Waals surface area contributed by atoms with Gasteiger partial charge in [0.1, 0.15) is 11.4 Å². The maximum absolute atomic E-state index is 12.8. The molecule has 0 spiro atoms. The molecule has 0 aliphatic heterocycles. The first-order valence-corrected chi connectivity index (χ1v) is 11.1. The van der Waals surface area contributed by atoms with E-state index in [9.17, 15) is 9.59 Å². The van der Waals surface area contributed by atoms with Gasteiger partial charge < -0.3 is 10.6 Å². The van der Waals surface area contributed by atoms with Crippen molar-refractivity contribution >= 4 is 11.8 Å². The van der Waals surface area contributed by atoms with Crippen LogP contribution < -0.4 is 10.6 Å². The van der Waals surface area contributed by atoms with Crippen LogP contribution in [0.2, 0.25) is 0 Å². The molecule has 0 aromatic carbocycles. The molecule has 11 heteroatoms. The summed E-state index contributed by atoms with van der Waals surface area (Å²) in [5.74, 6) is 0.420. The van der Waals surface area contributed by atoms with Gasteiger partial charge in [0.15, 0.2) is 11.6 Å². The normalized spacial score (nSPS) is 10.7. The van der Waals surface area contributed by atoms with Crippen molar-refractivity contribution in [1.82, 2.24) is 45.1 Å². The number of nitrogens with zero attached hydrogens (tertiary/aromatic N) is 7. The van der Waals surface area contributed by atoms with E-state index in [0.29, 0.717) is 11.6 Å². The lowest BCUT2D eigenvalue weighted by Crippen LogP contribution is -2.28. The minimum Gasteiger partial charge on any atom is -0.346 e. The Morgan fingerprint density at radius 1 is 0.639 bits per heavy atom. The summed E-state index contributed by atoms with van der Waals surface area (Å²) in [4.78, 5) is 38.5. The van der Waals surface area contributed by atoms with Gasteiger partial charge in [-0.1, -0.05) is 18.2 Å². The van der Waals surface area contributed by atoms with Crippen LogP contribution in [0.25, 0.3) is 11.6 Å². The highest BCUT2D eigenvalue weighted by molar-refractivity contribution is 5.96. The van der Waals surface area contributed by atoms with Crippen LogP contribution in [-0.2, 0) is 13.1 Å². The summed E-state index contributed by atoms with van der Waals surface area (Å²) in [5, 5.41) is 14.1. The topological polar surface area (TPSA) is 133 Å². The molecule has 11 nitrogen and oxygen atoms in total. The molecule has 5 heterocycles. The van der Waals surface area contributed by atoms with Crippen molar-refractivity contribution < 1.29 is 9.59 Å². The van der Waals surface area contributed by atoms with Crippen LogP contribution in [0.3, 0.4) is 0 Å². The molecule has 36 heavy (non-hydrogen) atoms. The quantitative estimate of drug-likeness (QED) is 0.348. The number of amides is 2. The number of carbonyl (C=O) groups is 2. The Hall–Kier alpha value is -5.19. The van der Waals surface area contributed by atoms with E-state index in [4.69, 9.17) is 0 Å². The number of hydrogen-bond acceptors (Lipinski definition) is 7. The molecule has 0 saturated carbocycles. The lowest BCUT2D eigenvalue weighted by molar-refractivity contribution is 0.0941. The minimum absolute atomic E-state index is 0.130. The maximum Gasteiger partial charge on any atom is 0.270 e. The summed E-state index contributed by atoms with van der Waals surface area (Å²) < 4.78 is 3.26. The Bertz CT molecular complexity index is 1370. The van der Waals surface area contributed by atoms with Gasteiger partial charge in [-0.25, -0.2) is 24.3 Å². The van der Waals surface area contributed by atoms with Gasteiger partial charge in [-0.3, -0.25) is 9.59 Å². The van der Waals surface area contributed by atoms with Gasteiger partial charge >= 0.3 is 0 Å². The second-order valence-electron chi connectivity index (χ2n) is 7.65. The molecule has 5 aromatic heterocycles. The minimum atomic E-state index is -0.409. The van der Waals surface area contributed by atoms with Crippen LogP contribution >= 0.6 is 0 Å². The molecule has 0 atom stereocenters. The number of pyridine rings is 3. The summed E-state index contributed by atoms with van der Waals surface area (Å²) in [6.07, 6.45) is 10.2. The second kappa shape index (κ2) is 10.4. The lowest BCUT2D eigenvalue weighted by Gasteiger charge is -2.11. The van der Waals surface area contributed by atoms with Crippen molar-refractivity contribution in [1.29, 1.82) is 0 Å². The van der Waals surface area contributed by atoms with Gasteiger partial charge in [-0.05, 0) is 36.4 Å².